The van der Waals surface area contributed by atoms with Crippen molar-refractivity contribution in [2.45, 2.75) is 6.43 Å². The predicted octanol–water partition coefficient (Wildman–Crippen LogP) is 3.50. The van der Waals surface area contributed by atoms with Crippen LogP contribution in [-0.2, 0) is 0 Å². The number of hydrogen-bond acceptors (Lipinski definition) is 8. The third kappa shape index (κ3) is 3.95. The van der Waals surface area contributed by atoms with Crippen molar-refractivity contribution in [3.63, 3.8) is 0 Å². The van der Waals surface area contributed by atoms with Crippen molar-refractivity contribution in [2.24, 2.45) is 0 Å². The van der Waals surface area contributed by atoms with Crippen molar-refractivity contribution in [2.75, 3.05) is 6.61 Å². The molecule has 0 saturated carbocycles. The molecule has 0 aromatic carbocycles. The van der Waals surface area contributed by atoms with Gasteiger partial charge in [-0.1, -0.05) is 0 Å². The molecular weight excluding hydrogens is 370 g/mol. The molecule has 28 heavy (non-hydrogen) atoms. The van der Waals surface area contributed by atoms with Gasteiger partial charge in [-0.2, -0.15) is 0 Å². The van der Waals surface area contributed by atoms with E-state index in [1.807, 2.05) is 0 Å². The summed E-state index contributed by atoms with van der Waals surface area (Å²) in [6.07, 6.45) is 3.60. The summed E-state index contributed by atoms with van der Waals surface area (Å²) in [5, 5.41) is 15.5. The van der Waals surface area contributed by atoms with Crippen molar-refractivity contribution in [3.8, 4) is 17.1 Å². The normalized spacial score (nSPS) is 11.5. The van der Waals surface area contributed by atoms with Crippen molar-refractivity contribution in [1.29, 1.82) is 0 Å². The Morgan fingerprint density at radius 1 is 1.04 bits per heavy atom. The maximum absolute atomic E-state index is 12.5. The quantitative estimate of drug-likeness (QED) is 0.500. The molecule has 0 fully saturated rings. The van der Waals surface area contributed by atoms with Crippen LogP contribution in [0.5, 0.6) is 5.88 Å². The van der Waals surface area contributed by atoms with Crippen LogP contribution in [-0.4, -0.2) is 37.1 Å². The Balaban J connectivity index is 1.35. The summed E-state index contributed by atoms with van der Waals surface area (Å²) >= 11 is 0. The van der Waals surface area contributed by atoms with Gasteiger partial charge in [0, 0.05) is 29.6 Å². The van der Waals surface area contributed by atoms with Crippen molar-refractivity contribution in [3.05, 3.63) is 60.1 Å². The molecule has 0 bridgehead atoms. The molecule has 0 N–H and O–H groups in total. The Labute approximate surface area is 156 Å². The molecule has 4 heterocycles. The zero-order valence-corrected chi connectivity index (χ0v) is 14.2. The monoisotopic (exact) mass is 382 g/mol. The van der Waals surface area contributed by atoms with E-state index in [0.29, 0.717) is 28.4 Å². The summed E-state index contributed by atoms with van der Waals surface area (Å²) in [4.78, 5) is 8.06. The lowest BCUT2D eigenvalue weighted by atomic mass is 10.2. The first kappa shape index (κ1) is 17.6. The minimum Gasteiger partial charge on any atom is -0.472 e. The van der Waals surface area contributed by atoms with Crippen LogP contribution in [0.25, 0.3) is 28.5 Å². The molecule has 4 rings (SSSR count). The van der Waals surface area contributed by atoms with Crippen molar-refractivity contribution in [1.82, 2.24) is 30.5 Å². The van der Waals surface area contributed by atoms with E-state index in [-0.39, 0.29) is 12.2 Å². The molecule has 4 aromatic heterocycles. The standard InChI is InChI=1S/C18H12F2N6O2/c19-17(20)11-3-4-13(21-9-11)2-1-7-27-16-6-5-14(23-24-16)12-8-15-18(22-10-12)26-28-25-15/h1-6,8-10,17H,7H2/b2-1-. The van der Waals surface area contributed by atoms with Gasteiger partial charge in [0.2, 0.25) is 11.5 Å². The van der Waals surface area contributed by atoms with Crippen LogP contribution in [0.15, 0.2) is 53.4 Å². The van der Waals surface area contributed by atoms with Gasteiger partial charge in [0.15, 0.2) is 5.52 Å². The average molecular weight is 382 g/mol. The van der Waals surface area contributed by atoms with E-state index in [2.05, 4.69) is 35.1 Å². The van der Waals surface area contributed by atoms with E-state index in [4.69, 9.17) is 4.74 Å². The first-order chi connectivity index (χ1) is 13.7. The molecule has 10 heteroatoms. The van der Waals surface area contributed by atoms with E-state index >= 15 is 0 Å². The van der Waals surface area contributed by atoms with Crippen LogP contribution in [0.4, 0.5) is 8.78 Å². The fraction of sp³-hybridized carbons (Fsp3) is 0.111. The highest BCUT2D eigenvalue weighted by Gasteiger charge is 2.07. The van der Waals surface area contributed by atoms with Crippen LogP contribution < -0.4 is 4.74 Å². The number of rotatable bonds is 6. The lowest BCUT2D eigenvalue weighted by Gasteiger charge is -2.03. The van der Waals surface area contributed by atoms with E-state index in [0.717, 1.165) is 11.8 Å². The smallest absolute Gasteiger partial charge is 0.265 e. The maximum Gasteiger partial charge on any atom is 0.265 e. The Morgan fingerprint density at radius 3 is 2.71 bits per heavy atom. The first-order valence-electron chi connectivity index (χ1n) is 8.15. The fourth-order valence-corrected chi connectivity index (χ4v) is 2.32. The SMILES string of the molecule is FC(F)c1ccc(/C=C\COc2ccc(-c3cnc4nonc4c3)nn2)nc1. The molecule has 8 nitrogen and oxygen atoms in total. The number of hydrogen-bond donors (Lipinski definition) is 0. The zero-order valence-electron chi connectivity index (χ0n) is 14.2. The van der Waals surface area contributed by atoms with Gasteiger partial charge in [-0.15, -0.1) is 10.2 Å². The molecule has 0 radical (unpaired) electrons. The summed E-state index contributed by atoms with van der Waals surface area (Å²) in [5.74, 6) is 0.339. The molecule has 0 atom stereocenters. The second kappa shape index (κ2) is 7.82. The number of halogens is 2. The molecular formula is C18H12F2N6O2. The average Bonchev–Trinajstić information content (AvgIpc) is 3.20. The van der Waals surface area contributed by atoms with E-state index in [1.54, 1.807) is 36.5 Å². The van der Waals surface area contributed by atoms with Crippen LogP contribution in [0.3, 0.4) is 0 Å². The van der Waals surface area contributed by atoms with Gasteiger partial charge in [-0.3, -0.25) is 4.98 Å². The van der Waals surface area contributed by atoms with E-state index < -0.39 is 6.43 Å². The van der Waals surface area contributed by atoms with Gasteiger partial charge in [-0.25, -0.2) is 18.4 Å². The minimum absolute atomic E-state index is 0.113. The molecule has 0 aliphatic heterocycles. The minimum atomic E-state index is -2.53. The lowest BCUT2D eigenvalue weighted by molar-refractivity contribution is 0.151. The summed E-state index contributed by atoms with van der Waals surface area (Å²) in [7, 11) is 0. The van der Waals surface area contributed by atoms with Gasteiger partial charge < -0.3 is 4.74 Å². The molecule has 0 unspecified atom stereocenters. The molecule has 0 saturated heterocycles. The van der Waals surface area contributed by atoms with Gasteiger partial charge in [0.25, 0.3) is 6.43 Å². The molecule has 0 spiro atoms. The van der Waals surface area contributed by atoms with E-state index in [1.165, 1.54) is 12.1 Å². The van der Waals surface area contributed by atoms with Crippen LogP contribution in [0, 0.1) is 0 Å². The number of ether oxygens (including phenoxy) is 1. The van der Waals surface area contributed by atoms with Gasteiger partial charge >= 0.3 is 0 Å². The Bertz CT molecular complexity index is 1100. The lowest BCUT2D eigenvalue weighted by Crippen LogP contribution is -1.98. The molecule has 0 amide bonds. The van der Waals surface area contributed by atoms with Gasteiger partial charge in [-0.05, 0) is 46.7 Å². The maximum atomic E-state index is 12.5. The Kier molecular flexibility index (Phi) is 4.91. The Hall–Kier alpha value is -3.82. The fourth-order valence-electron chi connectivity index (χ4n) is 2.32. The predicted molar refractivity (Wildman–Crippen MR) is 94.3 cm³/mol. The van der Waals surface area contributed by atoms with Crippen LogP contribution in [0.2, 0.25) is 0 Å². The second-order valence-corrected chi connectivity index (χ2v) is 5.62. The third-order valence-electron chi connectivity index (χ3n) is 3.73. The number of alkyl halides is 2. The highest BCUT2D eigenvalue weighted by atomic mass is 19.3. The highest BCUT2D eigenvalue weighted by molar-refractivity contribution is 5.75. The highest BCUT2D eigenvalue weighted by Crippen LogP contribution is 2.20. The summed E-state index contributed by atoms with van der Waals surface area (Å²) in [5.41, 5.74) is 2.71. The van der Waals surface area contributed by atoms with Crippen molar-refractivity contribution >= 4 is 17.2 Å². The third-order valence-corrected chi connectivity index (χ3v) is 3.73. The number of pyridine rings is 2. The topological polar surface area (TPSA) is 99.7 Å². The van der Waals surface area contributed by atoms with E-state index in [9.17, 15) is 8.78 Å². The summed E-state index contributed by atoms with van der Waals surface area (Å²) in [6.45, 7) is 0.227. The first-order valence-corrected chi connectivity index (χ1v) is 8.15. The van der Waals surface area contributed by atoms with Gasteiger partial charge in [0.1, 0.15) is 6.61 Å². The number of nitrogens with zero attached hydrogens (tertiary/aromatic N) is 6. The molecule has 0 aliphatic carbocycles. The largest absolute Gasteiger partial charge is 0.472 e. The van der Waals surface area contributed by atoms with Crippen LogP contribution >= 0.6 is 0 Å². The van der Waals surface area contributed by atoms with Crippen LogP contribution in [0.1, 0.15) is 17.7 Å². The number of fused-ring (bicyclic) bond motifs is 1. The van der Waals surface area contributed by atoms with Crippen molar-refractivity contribution < 1.29 is 18.1 Å². The molecule has 4 aromatic rings. The second-order valence-electron chi connectivity index (χ2n) is 5.62. The molecule has 140 valence electrons. The summed E-state index contributed by atoms with van der Waals surface area (Å²) in [6, 6.07) is 8.02. The number of aromatic nitrogens is 6. The van der Waals surface area contributed by atoms with Gasteiger partial charge in [0.05, 0.1) is 11.4 Å². The Morgan fingerprint density at radius 2 is 1.96 bits per heavy atom. The molecule has 0 aliphatic rings. The zero-order chi connectivity index (χ0) is 19.3. The summed E-state index contributed by atoms with van der Waals surface area (Å²) < 4.78 is 35.1.